The van der Waals surface area contributed by atoms with E-state index in [1.54, 1.807) is 0 Å². The van der Waals surface area contributed by atoms with Gasteiger partial charge in [0.05, 0.1) is 0 Å². The number of carbonyl (C=O) groups is 1. The average molecular weight is 289 g/mol. The molecule has 0 amide bonds. The van der Waals surface area contributed by atoms with Gasteiger partial charge in [-0.1, -0.05) is 6.92 Å². The second kappa shape index (κ2) is 4.64. The van der Waals surface area contributed by atoms with Crippen molar-refractivity contribution in [1.82, 2.24) is 4.31 Å². The van der Waals surface area contributed by atoms with E-state index in [4.69, 9.17) is 5.11 Å². The lowest BCUT2D eigenvalue weighted by atomic mass is 10.3. The highest BCUT2D eigenvalue weighted by atomic mass is 32.2. The summed E-state index contributed by atoms with van der Waals surface area (Å²) in [5.41, 5.74) is 0. The molecule has 1 heterocycles. The van der Waals surface area contributed by atoms with Crippen molar-refractivity contribution in [3.05, 3.63) is 16.3 Å². The van der Waals surface area contributed by atoms with E-state index in [0.717, 1.165) is 17.8 Å². The Bertz CT molecular complexity index is 563. The summed E-state index contributed by atoms with van der Waals surface area (Å²) in [4.78, 5) is 10.7. The summed E-state index contributed by atoms with van der Waals surface area (Å²) in [6.07, 6.45) is 1.04. The number of sulfonamides is 1. The minimum absolute atomic E-state index is 0.101. The zero-order chi connectivity index (χ0) is 13.5. The summed E-state index contributed by atoms with van der Waals surface area (Å²) in [6, 6.07) is 1.36. The predicted molar refractivity (Wildman–Crippen MR) is 68.4 cm³/mol. The Morgan fingerprint density at radius 1 is 1.61 bits per heavy atom. The lowest BCUT2D eigenvalue weighted by Crippen LogP contribution is -2.29. The fourth-order valence-electron chi connectivity index (χ4n) is 1.91. The second-order valence-corrected chi connectivity index (χ2v) is 7.61. The third-order valence-corrected chi connectivity index (χ3v) is 6.18. The number of thiophene rings is 1. The molecule has 2 rings (SSSR count). The first-order valence-corrected chi connectivity index (χ1v) is 7.93. The Labute approximate surface area is 110 Å². The first kappa shape index (κ1) is 13.5. The number of aromatic carboxylic acids is 1. The molecule has 5 nitrogen and oxygen atoms in total. The van der Waals surface area contributed by atoms with Crippen molar-refractivity contribution in [3.63, 3.8) is 0 Å². The van der Waals surface area contributed by atoms with Crippen molar-refractivity contribution in [1.29, 1.82) is 0 Å². The van der Waals surface area contributed by atoms with Crippen molar-refractivity contribution >= 4 is 27.3 Å². The summed E-state index contributed by atoms with van der Waals surface area (Å²) in [5, 5.41) is 10.5. The Morgan fingerprint density at radius 3 is 2.72 bits per heavy atom. The monoisotopic (exact) mass is 289 g/mol. The van der Waals surface area contributed by atoms with E-state index in [9.17, 15) is 13.2 Å². The molecule has 1 saturated carbocycles. The van der Waals surface area contributed by atoms with E-state index in [1.807, 2.05) is 0 Å². The summed E-state index contributed by atoms with van der Waals surface area (Å²) < 4.78 is 25.8. The summed E-state index contributed by atoms with van der Waals surface area (Å²) >= 11 is 0.932. The molecule has 1 aromatic heterocycles. The van der Waals surface area contributed by atoms with Gasteiger partial charge in [-0.05, 0) is 29.7 Å². The van der Waals surface area contributed by atoms with Crippen LogP contribution >= 0.6 is 11.3 Å². The Balaban J connectivity index is 2.24. The van der Waals surface area contributed by atoms with Crippen LogP contribution in [0.1, 0.15) is 23.0 Å². The van der Waals surface area contributed by atoms with E-state index in [1.165, 1.54) is 22.8 Å². The van der Waals surface area contributed by atoms with Crippen LogP contribution in [0.15, 0.2) is 16.3 Å². The molecule has 7 heteroatoms. The predicted octanol–water partition coefficient (Wildman–Crippen LogP) is 1.72. The minimum Gasteiger partial charge on any atom is -0.477 e. The number of nitrogens with zero attached hydrogens (tertiary/aromatic N) is 1. The van der Waals surface area contributed by atoms with Crippen molar-refractivity contribution in [2.75, 3.05) is 13.6 Å². The van der Waals surface area contributed by atoms with E-state index < -0.39 is 16.0 Å². The molecular formula is C11H15NO4S2. The summed E-state index contributed by atoms with van der Waals surface area (Å²) in [5.74, 6) is -0.238. The van der Waals surface area contributed by atoms with Gasteiger partial charge in [0.15, 0.2) is 0 Å². The lowest BCUT2D eigenvalue weighted by Gasteiger charge is -2.16. The topological polar surface area (TPSA) is 74.7 Å². The molecule has 0 aliphatic heterocycles. The highest BCUT2D eigenvalue weighted by Crippen LogP contribution is 2.39. The third kappa shape index (κ3) is 2.43. The molecule has 0 radical (unpaired) electrons. The van der Waals surface area contributed by atoms with Crippen molar-refractivity contribution < 1.29 is 18.3 Å². The normalized spacial score (nSPS) is 23.3. The maximum atomic E-state index is 12.3. The number of hydrogen-bond acceptors (Lipinski definition) is 4. The van der Waals surface area contributed by atoms with Crippen LogP contribution < -0.4 is 0 Å². The van der Waals surface area contributed by atoms with Crippen LogP contribution in [0.25, 0.3) is 0 Å². The number of carboxylic acid groups (broad SMARTS) is 1. The van der Waals surface area contributed by atoms with Crippen molar-refractivity contribution in [3.8, 4) is 0 Å². The average Bonchev–Trinajstić information content (AvgIpc) is 2.83. The zero-order valence-corrected chi connectivity index (χ0v) is 11.8. The van der Waals surface area contributed by atoms with Crippen LogP contribution in [0, 0.1) is 11.8 Å². The first-order chi connectivity index (χ1) is 8.34. The van der Waals surface area contributed by atoms with Crippen LogP contribution in [0.5, 0.6) is 0 Å². The second-order valence-electron chi connectivity index (χ2n) is 4.68. The van der Waals surface area contributed by atoms with Crippen LogP contribution in [-0.2, 0) is 10.0 Å². The molecule has 18 heavy (non-hydrogen) atoms. The van der Waals surface area contributed by atoms with Crippen LogP contribution in [0.4, 0.5) is 0 Å². The Kier molecular flexibility index (Phi) is 3.48. The van der Waals surface area contributed by atoms with Gasteiger partial charge < -0.3 is 5.11 Å². The summed E-state index contributed by atoms with van der Waals surface area (Å²) in [7, 11) is -2.18. The van der Waals surface area contributed by atoms with Crippen LogP contribution in [-0.4, -0.2) is 37.4 Å². The summed E-state index contributed by atoms with van der Waals surface area (Å²) in [6.45, 7) is 2.54. The molecule has 1 aliphatic rings. The molecule has 1 N–H and O–H groups in total. The van der Waals surface area contributed by atoms with E-state index in [-0.39, 0.29) is 9.77 Å². The number of hydrogen-bond donors (Lipinski definition) is 1. The van der Waals surface area contributed by atoms with Gasteiger partial charge in [-0.3, -0.25) is 0 Å². The third-order valence-electron chi connectivity index (χ3n) is 3.28. The maximum absolute atomic E-state index is 12.3. The largest absolute Gasteiger partial charge is 0.477 e. The highest BCUT2D eigenvalue weighted by Gasteiger charge is 2.37. The van der Waals surface area contributed by atoms with Crippen LogP contribution in [0.2, 0.25) is 0 Å². The van der Waals surface area contributed by atoms with Gasteiger partial charge in [-0.2, -0.15) is 0 Å². The minimum atomic E-state index is -3.69. The molecule has 2 atom stereocenters. The fraction of sp³-hybridized carbons (Fsp3) is 0.545. The first-order valence-electron chi connectivity index (χ1n) is 5.61. The van der Waals surface area contributed by atoms with Gasteiger partial charge in [0.2, 0.25) is 10.0 Å². The van der Waals surface area contributed by atoms with Gasteiger partial charge >= 0.3 is 5.97 Å². The standard InChI is InChI=1S/C11H15NO4S2/c1-7-5-8(7)6-12(2)18(15,16)9-3-4-17-10(9)11(13)14/h3-4,7-8H,5-6H2,1-2H3,(H,13,14). The molecule has 0 aromatic carbocycles. The molecule has 0 saturated heterocycles. The van der Waals surface area contributed by atoms with Gasteiger partial charge in [-0.15, -0.1) is 11.3 Å². The van der Waals surface area contributed by atoms with Gasteiger partial charge in [-0.25, -0.2) is 17.5 Å². The van der Waals surface area contributed by atoms with Gasteiger partial charge in [0, 0.05) is 13.6 Å². The fourth-order valence-corrected chi connectivity index (χ4v) is 4.36. The van der Waals surface area contributed by atoms with Gasteiger partial charge in [0.1, 0.15) is 9.77 Å². The SMILES string of the molecule is CC1CC1CN(C)S(=O)(=O)c1ccsc1C(=O)O. The van der Waals surface area contributed by atoms with E-state index in [0.29, 0.717) is 18.4 Å². The molecule has 0 spiro atoms. The molecule has 100 valence electrons. The molecule has 0 bridgehead atoms. The molecule has 1 fully saturated rings. The maximum Gasteiger partial charge on any atom is 0.347 e. The molecule has 2 unspecified atom stereocenters. The Hall–Kier alpha value is -0.920. The zero-order valence-electron chi connectivity index (χ0n) is 10.2. The smallest absolute Gasteiger partial charge is 0.347 e. The lowest BCUT2D eigenvalue weighted by molar-refractivity contribution is 0.0698. The molecule has 1 aliphatic carbocycles. The van der Waals surface area contributed by atoms with Gasteiger partial charge in [0.25, 0.3) is 0 Å². The van der Waals surface area contributed by atoms with E-state index >= 15 is 0 Å². The van der Waals surface area contributed by atoms with E-state index in [2.05, 4.69) is 6.92 Å². The van der Waals surface area contributed by atoms with Crippen molar-refractivity contribution in [2.24, 2.45) is 11.8 Å². The van der Waals surface area contributed by atoms with Crippen LogP contribution in [0.3, 0.4) is 0 Å². The number of rotatable bonds is 5. The molecule has 1 aromatic rings. The number of carboxylic acids is 1. The van der Waals surface area contributed by atoms with Crippen molar-refractivity contribution in [2.45, 2.75) is 18.2 Å². The Morgan fingerprint density at radius 2 is 2.22 bits per heavy atom. The molecular weight excluding hydrogens is 274 g/mol. The highest BCUT2D eigenvalue weighted by molar-refractivity contribution is 7.89. The quantitative estimate of drug-likeness (QED) is 0.895.